The van der Waals surface area contributed by atoms with Gasteiger partial charge in [-0.05, 0) is 71.0 Å². The van der Waals surface area contributed by atoms with Crippen LogP contribution >= 0.6 is 0 Å². The number of carbonyl (C=O) groups is 2. The van der Waals surface area contributed by atoms with Crippen LogP contribution in [0.2, 0.25) is 0 Å². The van der Waals surface area contributed by atoms with Crippen LogP contribution in [0.5, 0.6) is 23.0 Å². The molecule has 1 unspecified atom stereocenters. The molecule has 1 N–H and O–H groups in total. The van der Waals surface area contributed by atoms with E-state index >= 15 is 0 Å². The van der Waals surface area contributed by atoms with Crippen molar-refractivity contribution in [3.63, 3.8) is 0 Å². The number of carbonyl (C=O) groups excluding carboxylic acids is 2. The molecule has 8 heteroatoms. The van der Waals surface area contributed by atoms with E-state index in [2.05, 4.69) is 5.32 Å². The van der Waals surface area contributed by atoms with Crippen LogP contribution in [-0.4, -0.2) is 44.4 Å². The highest BCUT2D eigenvalue weighted by Gasteiger charge is 2.23. The number of benzene rings is 2. The van der Waals surface area contributed by atoms with Crippen molar-refractivity contribution in [1.82, 2.24) is 0 Å². The average Bonchev–Trinajstić information content (AvgIpc) is 2.77. The van der Waals surface area contributed by atoms with Gasteiger partial charge in [0.15, 0.2) is 17.6 Å². The Labute approximate surface area is 188 Å². The van der Waals surface area contributed by atoms with Crippen LogP contribution in [0.1, 0.15) is 45.0 Å². The van der Waals surface area contributed by atoms with Gasteiger partial charge in [-0.1, -0.05) is 0 Å². The lowest BCUT2D eigenvalue weighted by molar-refractivity contribution is -0.123. The Balaban J connectivity index is 2.13. The zero-order valence-electron chi connectivity index (χ0n) is 19.2. The Kier molecular flexibility index (Phi) is 9.66. The fourth-order valence-corrected chi connectivity index (χ4v) is 2.83. The van der Waals surface area contributed by atoms with E-state index in [9.17, 15) is 9.59 Å². The maximum Gasteiger partial charge on any atom is 0.339 e. The van der Waals surface area contributed by atoms with Gasteiger partial charge in [0.2, 0.25) is 5.75 Å². The maximum atomic E-state index is 12.7. The van der Waals surface area contributed by atoms with Crippen molar-refractivity contribution >= 4 is 17.6 Å². The summed E-state index contributed by atoms with van der Waals surface area (Å²) in [4.78, 5) is 25.2. The summed E-state index contributed by atoms with van der Waals surface area (Å²) in [5.41, 5.74) is 0.765. The van der Waals surface area contributed by atoms with Crippen molar-refractivity contribution in [3.05, 3.63) is 42.0 Å². The molecule has 1 amide bonds. The molecule has 2 aromatic carbocycles. The molecule has 0 radical (unpaired) electrons. The predicted molar refractivity (Wildman–Crippen MR) is 121 cm³/mol. The van der Waals surface area contributed by atoms with E-state index in [1.165, 1.54) is 19.1 Å². The maximum absolute atomic E-state index is 12.7. The van der Waals surface area contributed by atoms with Gasteiger partial charge in [0.05, 0.1) is 32.0 Å². The standard InChI is InChI=1S/C24H31NO7/c1-6-28-19-12-10-18(11-13-19)25-23(26)16(5)32-24(27)17-14-20(29-7-2)22(31-9-4)21(15-17)30-8-3/h10-16H,6-9H2,1-5H3,(H,25,26). The van der Waals surface area contributed by atoms with Gasteiger partial charge >= 0.3 is 5.97 Å². The van der Waals surface area contributed by atoms with Gasteiger partial charge in [-0.2, -0.15) is 0 Å². The van der Waals surface area contributed by atoms with Crippen molar-refractivity contribution < 1.29 is 33.3 Å². The molecule has 2 aromatic rings. The number of nitrogens with one attached hydrogen (secondary N) is 1. The predicted octanol–water partition coefficient (Wildman–Crippen LogP) is 4.47. The van der Waals surface area contributed by atoms with Gasteiger partial charge in [0, 0.05) is 5.69 Å². The average molecular weight is 446 g/mol. The van der Waals surface area contributed by atoms with E-state index < -0.39 is 18.0 Å². The Bertz CT molecular complexity index is 869. The van der Waals surface area contributed by atoms with E-state index in [4.69, 9.17) is 23.7 Å². The van der Waals surface area contributed by atoms with Crippen molar-refractivity contribution in [2.24, 2.45) is 0 Å². The molecule has 2 rings (SSSR count). The highest BCUT2D eigenvalue weighted by Crippen LogP contribution is 2.39. The summed E-state index contributed by atoms with van der Waals surface area (Å²) >= 11 is 0. The molecule has 0 saturated heterocycles. The minimum Gasteiger partial charge on any atom is -0.494 e. The third kappa shape index (κ3) is 6.80. The summed E-state index contributed by atoms with van der Waals surface area (Å²) in [6, 6.07) is 9.98. The van der Waals surface area contributed by atoms with Crippen LogP contribution in [0.3, 0.4) is 0 Å². The number of rotatable bonds is 12. The first-order valence-electron chi connectivity index (χ1n) is 10.7. The third-order valence-electron chi connectivity index (χ3n) is 4.23. The minimum absolute atomic E-state index is 0.195. The second kappa shape index (κ2) is 12.4. The molecule has 1 atom stereocenters. The zero-order valence-corrected chi connectivity index (χ0v) is 19.2. The largest absolute Gasteiger partial charge is 0.494 e. The van der Waals surface area contributed by atoms with Crippen LogP contribution in [0, 0.1) is 0 Å². The lowest BCUT2D eigenvalue weighted by atomic mass is 10.1. The van der Waals surface area contributed by atoms with Crippen LogP contribution < -0.4 is 24.3 Å². The summed E-state index contributed by atoms with van der Waals surface area (Å²) in [5, 5.41) is 2.72. The Morgan fingerprint density at radius 3 is 1.84 bits per heavy atom. The van der Waals surface area contributed by atoms with E-state index in [0.29, 0.717) is 55.1 Å². The fraction of sp³-hybridized carbons (Fsp3) is 0.417. The number of amides is 1. The van der Waals surface area contributed by atoms with Gasteiger partial charge in [0.25, 0.3) is 5.91 Å². The van der Waals surface area contributed by atoms with Gasteiger partial charge in [-0.25, -0.2) is 4.79 Å². The van der Waals surface area contributed by atoms with E-state index in [-0.39, 0.29) is 5.56 Å². The minimum atomic E-state index is -1.02. The SMILES string of the molecule is CCOc1ccc(NC(=O)C(C)OC(=O)c2cc(OCC)c(OCC)c(OCC)c2)cc1. The molecule has 0 aliphatic rings. The van der Waals surface area contributed by atoms with E-state index in [1.807, 2.05) is 27.7 Å². The molecular weight excluding hydrogens is 414 g/mol. The molecule has 0 saturated carbocycles. The molecule has 32 heavy (non-hydrogen) atoms. The highest BCUT2D eigenvalue weighted by atomic mass is 16.6. The summed E-state index contributed by atoms with van der Waals surface area (Å²) in [7, 11) is 0. The quantitative estimate of drug-likeness (QED) is 0.482. The molecule has 0 fully saturated rings. The molecular formula is C24H31NO7. The number of esters is 1. The van der Waals surface area contributed by atoms with Gasteiger partial charge in [0.1, 0.15) is 5.75 Å². The monoisotopic (exact) mass is 445 g/mol. The second-order valence-corrected chi connectivity index (χ2v) is 6.59. The highest BCUT2D eigenvalue weighted by molar-refractivity contribution is 5.97. The number of hydrogen-bond acceptors (Lipinski definition) is 7. The van der Waals surface area contributed by atoms with Crippen molar-refractivity contribution in [1.29, 1.82) is 0 Å². The van der Waals surface area contributed by atoms with Crippen molar-refractivity contribution in [2.75, 3.05) is 31.7 Å². The first-order valence-corrected chi connectivity index (χ1v) is 10.7. The smallest absolute Gasteiger partial charge is 0.339 e. The Morgan fingerprint density at radius 2 is 1.34 bits per heavy atom. The molecule has 0 aromatic heterocycles. The first kappa shape index (κ1) is 24.8. The zero-order chi connectivity index (χ0) is 23.5. The molecule has 174 valence electrons. The van der Waals surface area contributed by atoms with Gasteiger partial charge < -0.3 is 29.0 Å². The van der Waals surface area contributed by atoms with Gasteiger partial charge in [-0.3, -0.25) is 4.79 Å². The molecule has 8 nitrogen and oxygen atoms in total. The molecule has 0 bridgehead atoms. The molecule has 0 heterocycles. The number of hydrogen-bond donors (Lipinski definition) is 1. The summed E-state index contributed by atoms with van der Waals surface area (Å²) in [6.07, 6.45) is -1.02. The topological polar surface area (TPSA) is 92.3 Å². The van der Waals surface area contributed by atoms with Crippen LogP contribution in [0.25, 0.3) is 0 Å². The normalized spacial score (nSPS) is 11.3. The fourth-order valence-electron chi connectivity index (χ4n) is 2.83. The second-order valence-electron chi connectivity index (χ2n) is 6.59. The summed E-state index contributed by atoms with van der Waals surface area (Å²) < 4.78 is 27.6. The molecule has 0 spiro atoms. The van der Waals surface area contributed by atoms with E-state index in [1.54, 1.807) is 24.3 Å². The lowest BCUT2D eigenvalue weighted by Crippen LogP contribution is -2.30. The molecule has 0 aliphatic heterocycles. The van der Waals surface area contributed by atoms with Gasteiger partial charge in [-0.15, -0.1) is 0 Å². The first-order chi connectivity index (χ1) is 15.4. The van der Waals surface area contributed by atoms with Crippen molar-refractivity contribution in [3.8, 4) is 23.0 Å². The lowest BCUT2D eigenvalue weighted by Gasteiger charge is -2.18. The third-order valence-corrected chi connectivity index (χ3v) is 4.23. The summed E-state index contributed by atoms with van der Waals surface area (Å²) in [5.74, 6) is 0.745. The van der Waals surface area contributed by atoms with E-state index in [0.717, 1.165) is 0 Å². The number of ether oxygens (including phenoxy) is 5. The van der Waals surface area contributed by atoms with Crippen LogP contribution in [0.15, 0.2) is 36.4 Å². The summed E-state index contributed by atoms with van der Waals surface area (Å²) in [6.45, 7) is 10.6. The molecule has 0 aliphatic carbocycles. The Hall–Kier alpha value is -3.42. The number of anilines is 1. The van der Waals surface area contributed by atoms with Crippen molar-refractivity contribution in [2.45, 2.75) is 40.7 Å². The van der Waals surface area contributed by atoms with Crippen LogP contribution in [-0.2, 0) is 9.53 Å². The Morgan fingerprint density at radius 1 is 0.812 bits per heavy atom. The van der Waals surface area contributed by atoms with Crippen LogP contribution in [0.4, 0.5) is 5.69 Å².